The molecule has 3 heteroatoms. The van der Waals surface area contributed by atoms with Crippen LogP contribution < -0.4 is 0 Å². The molecule has 0 aliphatic carbocycles. The molecule has 0 bridgehead atoms. The van der Waals surface area contributed by atoms with Crippen molar-refractivity contribution in [2.24, 2.45) is 0 Å². The summed E-state index contributed by atoms with van der Waals surface area (Å²) in [6.07, 6.45) is 2.50. The molecule has 0 unspecified atom stereocenters. The summed E-state index contributed by atoms with van der Waals surface area (Å²) in [7, 11) is 0. The zero-order valence-electron chi connectivity index (χ0n) is 9.54. The van der Waals surface area contributed by atoms with Crippen molar-refractivity contribution in [3.8, 4) is 0 Å². The van der Waals surface area contributed by atoms with Crippen molar-refractivity contribution in [3.05, 3.63) is 35.6 Å². The number of benzene rings is 1. The van der Waals surface area contributed by atoms with E-state index in [0.29, 0.717) is 11.3 Å². The first-order chi connectivity index (χ1) is 7.74. The summed E-state index contributed by atoms with van der Waals surface area (Å²) in [6.45, 7) is 2.13. The van der Waals surface area contributed by atoms with Gasteiger partial charge in [0.25, 0.3) is 0 Å². The molecule has 0 fully saturated rings. The number of carbonyl (C=O) groups excluding carboxylic acids is 1. The Labute approximate surface area is 100 Å². The van der Waals surface area contributed by atoms with Crippen molar-refractivity contribution in [2.45, 2.75) is 26.2 Å². The maximum absolute atomic E-state index is 13.2. The zero-order valence-corrected chi connectivity index (χ0v) is 10.4. The van der Waals surface area contributed by atoms with E-state index in [1.165, 1.54) is 6.07 Å². The summed E-state index contributed by atoms with van der Waals surface area (Å²) in [4.78, 5) is 11.5. The molecule has 0 heterocycles. The minimum Gasteiger partial charge on any atom is -0.298 e. The number of thioether (sulfide) groups is 1. The third-order valence-corrected chi connectivity index (χ3v) is 3.35. The second-order valence-electron chi connectivity index (χ2n) is 3.71. The fourth-order valence-corrected chi connectivity index (χ4v) is 2.30. The lowest BCUT2D eigenvalue weighted by atomic mass is 10.1. The van der Waals surface area contributed by atoms with Gasteiger partial charge in [0.05, 0.1) is 5.75 Å². The van der Waals surface area contributed by atoms with Crippen LogP contribution in [0.4, 0.5) is 4.39 Å². The van der Waals surface area contributed by atoms with Crippen LogP contribution in [0.2, 0.25) is 0 Å². The van der Waals surface area contributed by atoms with Gasteiger partial charge in [0.2, 0.25) is 0 Å². The van der Waals surface area contributed by atoms with Gasteiger partial charge in [-0.2, -0.15) is 11.8 Å². The summed E-state index contributed by atoms with van der Waals surface area (Å²) in [5.74, 6) is 1.33. The second kappa shape index (κ2) is 7.44. The van der Waals surface area contributed by atoms with Crippen molar-refractivity contribution in [3.63, 3.8) is 0 Å². The Hall–Kier alpha value is -0.830. The lowest BCUT2D eigenvalue weighted by Crippen LogP contribution is -2.07. The number of Topliss-reactive ketones (excluding diaryl/α,β-unsaturated/α-hetero) is 1. The molecular formula is C13H17FOS. The molecule has 1 nitrogen and oxygen atoms in total. The number of hydrogen-bond acceptors (Lipinski definition) is 2. The monoisotopic (exact) mass is 240 g/mol. The molecule has 1 rings (SSSR count). The number of hydrogen-bond donors (Lipinski definition) is 0. The van der Waals surface area contributed by atoms with E-state index in [0.717, 1.165) is 18.6 Å². The molecule has 0 radical (unpaired) electrons. The SMILES string of the molecule is CCCCSCC(=O)Cc1ccccc1F. The number of unbranched alkanes of at least 4 members (excludes halogenated alkanes) is 1. The van der Waals surface area contributed by atoms with Crippen LogP contribution in [-0.2, 0) is 11.2 Å². The van der Waals surface area contributed by atoms with E-state index in [2.05, 4.69) is 6.92 Å². The topological polar surface area (TPSA) is 17.1 Å². The van der Waals surface area contributed by atoms with E-state index >= 15 is 0 Å². The summed E-state index contributed by atoms with van der Waals surface area (Å²) < 4.78 is 13.2. The smallest absolute Gasteiger partial charge is 0.147 e. The molecule has 0 atom stereocenters. The summed E-state index contributed by atoms with van der Waals surface area (Å²) in [5, 5.41) is 0. The molecule has 1 aromatic carbocycles. The largest absolute Gasteiger partial charge is 0.298 e. The lowest BCUT2D eigenvalue weighted by Gasteiger charge is -2.02. The molecule has 0 aromatic heterocycles. The molecule has 88 valence electrons. The van der Waals surface area contributed by atoms with E-state index < -0.39 is 0 Å². The van der Waals surface area contributed by atoms with Gasteiger partial charge in [0, 0.05) is 6.42 Å². The Morgan fingerprint density at radius 3 is 2.81 bits per heavy atom. The Balaban J connectivity index is 2.32. The summed E-state index contributed by atoms with van der Waals surface area (Å²) in [5.41, 5.74) is 0.503. The minimum atomic E-state index is -0.283. The van der Waals surface area contributed by atoms with Gasteiger partial charge in [0.15, 0.2) is 0 Å². The summed E-state index contributed by atoms with van der Waals surface area (Å²) in [6, 6.07) is 6.46. The predicted octanol–water partition coefficient (Wildman–Crippen LogP) is 3.47. The highest BCUT2D eigenvalue weighted by molar-refractivity contribution is 7.99. The average molecular weight is 240 g/mol. The molecule has 0 N–H and O–H groups in total. The third kappa shape index (κ3) is 4.79. The molecule has 1 aromatic rings. The first-order valence-corrected chi connectivity index (χ1v) is 6.72. The van der Waals surface area contributed by atoms with Gasteiger partial charge in [-0.3, -0.25) is 4.79 Å². The van der Waals surface area contributed by atoms with Crippen molar-refractivity contribution in [1.82, 2.24) is 0 Å². The normalized spacial score (nSPS) is 10.4. The summed E-state index contributed by atoms with van der Waals surface area (Å²) >= 11 is 1.64. The molecule has 16 heavy (non-hydrogen) atoms. The number of halogens is 1. The number of ketones is 1. The molecule has 0 saturated carbocycles. The number of carbonyl (C=O) groups is 1. The van der Waals surface area contributed by atoms with Gasteiger partial charge < -0.3 is 0 Å². The van der Waals surface area contributed by atoms with Crippen molar-refractivity contribution >= 4 is 17.5 Å². The zero-order chi connectivity index (χ0) is 11.8. The molecule has 0 amide bonds. The average Bonchev–Trinajstić information content (AvgIpc) is 2.28. The van der Waals surface area contributed by atoms with E-state index in [-0.39, 0.29) is 18.0 Å². The van der Waals surface area contributed by atoms with Crippen LogP contribution in [0, 0.1) is 5.82 Å². The van der Waals surface area contributed by atoms with Crippen molar-refractivity contribution in [2.75, 3.05) is 11.5 Å². The predicted molar refractivity (Wildman–Crippen MR) is 67.3 cm³/mol. The van der Waals surface area contributed by atoms with Gasteiger partial charge in [0.1, 0.15) is 11.6 Å². The van der Waals surface area contributed by atoms with Crippen molar-refractivity contribution < 1.29 is 9.18 Å². The Bertz CT molecular complexity index is 338. The first kappa shape index (κ1) is 13.2. The van der Waals surface area contributed by atoms with Gasteiger partial charge in [-0.15, -0.1) is 0 Å². The van der Waals surface area contributed by atoms with Gasteiger partial charge in [-0.25, -0.2) is 4.39 Å². The van der Waals surface area contributed by atoms with E-state index in [1.54, 1.807) is 30.0 Å². The maximum Gasteiger partial charge on any atom is 0.147 e. The Morgan fingerprint density at radius 1 is 1.38 bits per heavy atom. The highest BCUT2D eigenvalue weighted by Crippen LogP contribution is 2.10. The van der Waals surface area contributed by atoms with Crippen LogP contribution >= 0.6 is 11.8 Å². The fraction of sp³-hybridized carbons (Fsp3) is 0.462. The maximum atomic E-state index is 13.2. The van der Waals surface area contributed by atoms with E-state index in [4.69, 9.17) is 0 Å². The lowest BCUT2D eigenvalue weighted by molar-refractivity contribution is -0.116. The minimum absolute atomic E-state index is 0.103. The Morgan fingerprint density at radius 2 is 2.12 bits per heavy atom. The van der Waals surface area contributed by atoms with E-state index in [9.17, 15) is 9.18 Å². The van der Waals surface area contributed by atoms with Crippen LogP contribution in [0.5, 0.6) is 0 Å². The van der Waals surface area contributed by atoms with Crippen LogP contribution in [0.1, 0.15) is 25.3 Å². The number of rotatable bonds is 7. The third-order valence-electron chi connectivity index (χ3n) is 2.25. The van der Waals surface area contributed by atoms with Crippen LogP contribution in [0.15, 0.2) is 24.3 Å². The molecule has 0 aliphatic rings. The standard InChI is InChI=1S/C13H17FOS/c1-2-3-8-16-10-12(15)9-11-6-4-5-7-13(11)14/h4-7H,2-3,8-10H2,1H3. The molecule has 0 saturated heterocycles. The molecular weight excluding hydrogens is 223 g/mol. The van der Waals surface area contributed by atoms with Gasteiger partial charge >= 0.3 is 0 Å². The van der Waals surface area contributed by atoms with E-state index in [1.807, 2.05) is 0 Å². The quantitative estimate of drug-likeness (QED) is 0.679. The van der Waals surface area contributed by atoms with Crippen LogP contribution in [0.25, 0.3) is 0 Å². The van der Waals surface area contributed by atoms with Gasteiger partial charge in [-0.1, -0.05) is 31.5 Å². The Kier molecular flexibility index (Phi) is 6.16. The molecule has 0 aliphatic heterocycles. The van der Waals surface area contributed by atoms with Crippen LogP contribution in [0.3, 0.4) is 0 Å². The highest BCUT2D eigenvalue weighted by Gasteiger charge is 2.07. The van der Waals surface area contributed by atoms with Crippen LogP contribution in [-0.4, -0.2) is 17.3 Å². The second-order valence-corrected chi connectivity index (χ2v) is 4.82. The fourth-order valence-electron chi connectivity index (χ4n) is 1.34. The first-order valence-electron chi connectivity index (χ1n) is 5.57. The highest BCUT2D eigenvalue weighted by atomic mass is 32.2. The van der Waals surface area contributed by atoms with Crippen molar-refractivity contribution in [1.29, 1.82) is 0 Å². The van der Waals surface area contributed by atoms with Gasteiger partial charge in [-0.05, 0) is 23.8 Å². The molecule has 0 spiro atoms.